The molecular formula is C11H14F2N2O3. The molecule has 1 rings (SSSR count). The Kier molecular flexibility index (Phi) is 5.31. The van der Waals surface area contributed by atoms with E-state index in [1.807, 2.05) is 0 Å². The number of alkyl halides is 2. The van der Waals surface area contributed by atoms with Crippen LogP contribution in [0.5, 0.6) is 5.75 Å². The normalized spacial score (nSPS) is 10.3. The summed E-state index contributed by atoms with van der Waals surface area (Å²) >= 11 is 0. The maximum absolute atomic E-state index is 12.2. The first kappa shape index (κ1) is 14.2. The van der Waals surface area contributed by atoms with Crippen LogP contribution < -0.4 is 15.4 Å². The van der Waals surface area contributed by atoms with Crippen LogP contribution in [0.3, 0.4) is 0 Å². The summed E-state index contributed by atoms with van der Waals surface area (Å²) in [5.41, 5.74) is 0.764. The van der Waals surface area contributed by atoms with Crippen LogP contribution in [0, 0.1) is 6.92 Å². The van der Waals surface area contributed by atoms with Crippen molar-refractivity contribution in [1.82, 2.24) is 5.32 Å². The zero-order valence-electron chi connectivity index (χ0n) is 9.74. The first-order valence-electron chi connectivity index (χ1n) is 5.24. The van der Waals surface area contributed by atoms with Gasteiger partial charge in [0.25, 0.3) is 0 Å². The topological polar surface area (TPSA) is 70.6 Å². The number of ether oxygens (including phenoxy) is 1. The van der Waals surface area contributed by atoms with Gasteiger partial charge in [0.1, 0.15) is 5.75 Å². The summed E-state index contributed by atoms with van der Waals surface area (Å²) in [4.78, 5) is 11.4. The van der Waals surface area contributed by atoms with Gasteiger partial charge in [-0.3, -0.25) is 0 Å². The van der Waals surface area contributed by atoms with Gasteiger partial charge in [-0.25, -0.2) is 4.79 Å². The highest BCUT2D eigenvalue weighted by atomic mass is 19.3. The molecule has 1 aromatic rings. The van der Waals surface area contributed by atoms with E-state index in [1.165, 1.54) is 6.07 Å². The number of nitrogens with one attached hydrogen (secondary N) is 2. The molecule has 0 heterocycles. The minimum atomic E-state index is -2.96. The quantitative estimate of drug-likeness (QED) is 0.754. The van der Waals surface area contributed by atoms with Crippen molar-refractivity contribution >= 4 is 11.7 Å². The number of aryl methyl sites for hydroxylation is 1. The minimum Gasteiger partial charge on any atom is -0.433 e. The van der Waals surface area contributed by atoms with Crippen LogP contribution >= 0.6 is 0 Å². The second kappa shape index (κ2) is 6.75. The maximum Gasteiger partial charge on any atom is 0.387 e. The lowest BCUT2D eigenvalue weighted by molar-refractivity contribution is -0.0493. The van der Waals surface area contributed by atoms with E-state index in [1.54, 1.807) is 19.1 Å². The summed E-state index contributed by atoms with van der Waals surface area (Å²) in [6.45, 7) is -1.45. The van der Waals surface area contributed by atoms with Crippen molar-refractivity contribution in [3.63, 3.8) is 0 Å². The number of hydrogen-bond acceptors (Lipinski definition) is 3. The van der Waals surface area contributed by atoms with E-state index >= 15 is 0 Å². The van der Waals surface area contributed by atoms with Crippen molar-refractivity contribution < 1.29 is 23.4 Å². The Bertz CT molecular complexity index is 413. The van der Waals surface area contributed by atoms with Gasteiger partial charge in [0, 0.05) is 6.54 Å². The number of carbonyl (C=O) groups excluding carboxylic acids is 1. The van der Waals surface area contributed by atoms with Gasteiger partial charge >= 0.3 is 12.6 Å². The zero-order chi connectivity index (χ0) is 13.5. The molecule has 0 bridgehead atoms. The lowest BCUT2D eigenvalue weighted by atomic mass is 10.2. The standard InChI is InChI=1S/C11H14F2N2O3/c1-7-3-2-4-8(18-10(12)13)9(7)15-11(17)14-5-6-16/h2-4,10,16H,5-6H2,1H3,(H2,14,15,17). The van der Waals surface area contributed by atoms with Gasteiger partial charge in [-0.15, -0.1) is 0 Å². The predicted octanol–water partition coefficient (Wildman–Crippen LogP) is 1.71. The van der Waals surface area contributed by atoms with Gasteiger partial charge in [0.2, 0.25) is 0 Å². The highest BCUT2D eigenvalue weighted by molar-refractivity contribution is 5.91. The van der Waals surface area contributed by atoms with Crippen molar-refractivity contribution in [1.29, 1.82) is 0 Å². The SMILES string of the molecule is Cc1cccc(OC(F)F)c1NC(=O)NCCO. The fraction of sp³-hybridized carbons (Fsp3) is 0.364. The first-order chi connectivity index (χ1) is 8.54. The van der Waals surface area contributed by atoms with E-state index in [0.29, 0.717) is 5.56 Å². The Morgan fingerprint density at radius 2 is 2.22 bits per heavy atom. The molecule has 0 saturated carbocycles. The molecule has 18 heavy (non-hydrogen) atoms. The summed E-state index contributed by atoms with van der Waals surface area (Å²) in [7, 11) is 0. The fourth-order valence-corrected chi connectivity index (χ4v) is 1.32. The Balaban J connectivity index is 2.82. The van der Waals surface area contributed by atoms with E-state index in [-0.39, 0.29) is 24.6 Å². The average Bonchev–Trinajstić information content (AvgIpc) is 2.30. The van der Waals surface area contributed by atoms with E-state index in [2.05, 4.69) is 15.4 Å². The molecule has 0 aromatic heterocycles. The molecule has 0 fully saturated rings. The van der Waals surface area contributed by atoms with Crippen molar-refractivity contribution in [2.45, 2.75) is 13.5 Å². The van der Waals surface area contributed by atoms with E-state index in [4.69, 9.17) is 5.11 Å². The van der Waals surface area contributed by atoms with E-state index < -0.39 is 12.6 Å². The lowest BCUT2D eigenvalue weighted by Gasteiger charge is -2.14. The third-order valence-corrected chi connectivity index (χ3v) is 2.09. The Hall–Kier alpha value is -1.89. The number of aliphatic hydroxyl groups excluding tert-OH is 1. The molecular weight excluding hydrogens is 246 g/mol. The molecule has 3 N–H and O–H groups in total. The number of anilines is 1. The number of halogens is 2. The Morgan fingerprint density at radius 3 is 2.83 bits per heavy atom. The summed E-state index contributed by atoms with van der Waals surface area (Å²) in [5.74, 6) is -0.107. The van der Waals surface area contributed by atoms with Crippen LogP contribution in [0.2, 0.25) is 0 Å². The molecule has 0 aliphatic heterocycles. The van der Waals surface area contributed by atoms with Gasteiger partial charge in [0.05, 0.1) is 12.3 Å². The van der Waals surface area contributed by atoms with Gasteiger partial charge in [0.15, 0.2) is 0 Å². The number of carbonyl (C=O) groups is 1. The molecule has 0 atom stereocenters. The number of hydrogen-bond donors (Lipinski definition) is 3. The van der Waals surface area contributed by atoms with E-state index in [0.717, 1.165) is 0 Å². The summed E-state index contributed by atoms with van der Waals surface area (Å²) < 4.78 is 28.7. The molecule has 1 aromatic carbocycles. The largest absolute Gasteiger partial charge is 0.433 e. The predicted molar refractivity (Wildman–Crippen MR) is 61.9 cm³/mol. The van der Waals surface area contributed by atoms with Crippen LogP contribution in [-0.2, 0) is 0 Å². The highest BCUT2D eigenvalue weighted by Crippen LogP contribution is 2.29. The smallest absolute Gasteiger partial charge is 0.387 e. The summed E-state index contributed by atoms with van der Waals surface area (Å²) in [6.07, 6.45) is 0. The Morgan fingerprint density at radius 1 is 1.50 bits per heavy atom. The second-order valence-electron chi connectivity index (χ2n) is 3.43. The molecule has 0 spiro atoms. The van der Waals surface area contributed by atoms with Crippen LogP contribution in [-0.4, -0.2) is 30.9 Å². The van der Waals surface area contributed by atoms with Crippen LogP contribution in [0.4, 0.5) is 19.3 Å². The third kappa shape index (κ3) is 4.17. The fourth-order valence-electron chi connectivity index (χ4n) is 1.32. The van der Waals surface area contributed by atoms with E-state index in [9.17, 15) is 13.6 Å². The molecule has 0 saturated heterocycles. The van der Waals surface area contributed by atoms with Crippen molar-refractivity contribution in [3.05, 3.63) is 23.8 Å². The molecule has 7 heteroatoms. The van der Waals surface area contributed by atoms with Crippen molar-refractivity contribution in [2.24, 2.45) is 0 Å². The minimum absolute atomic E-state index is 0.0722. The number of amides is 2. The van der Waals surface area contributed by atoms with Gasteiger partial charge in [-0.1, -0.05) is 12.1 Å². The summed E-state index contributed by atoms with van der Waals surface area (Å²) in [5, 5.41) is 13.3. The number of aliphatic hydroxyl groups is 1. The number of para-hydroxylation sites is 1. The highest BCUT2D eigenvalue weighted by Gasteiger charge is 2.13. The monoisotopic (exact) mass is 260 g/mol. The Labute approximate surface area is 103 Å². The molecule has 0 aliphatic rings. The molecule has 0 radical (unpaired) electrons. The van der Waals surface area contributed by atoms with Gasteiger partial charge in [-0.05, 0) is 18.6 Å². The lowest BCUT2D eigenvalue weighted by Crippen LogP contribution is -2.31. The molecule has 0 aliphatic carbocycles. The molecule has 2 amide bonds. The van der Waals surface area contributed by atoms with Gasteiger partial charge in [-0.2, -0.15) is 8.78 Å². The summed E-state index contributed by atoms with van der Waals surface area (Å²) in [6, 6.07) is 3.93. The number of urea groups is 1. The molecule has 100 valence electrons. The number of rotatable bonds is 5. The van der Waals surface area contributed by atoms with Gasteiger partial charge < -0.3 is 20.5 Å². The third-order valence-electron chi connectivity index (χ3n) is 2.09. The first-order valence-corrected chi connectivity index (χ1v) is 5.24. The second-order valence-corrected chi connectivity index (χ2v) is 3.43. The van der Waals surface area contributed by atoms with Crippen LogP contribution in [0.15, 0.2) is 18.2 Å². The zero-order valence-corrected chi connectivity index (χ0v) is 9.74. The van der Waals surface area contributed by atoms with Crippen LogP contribution in [0.1, 0.15) is 5.56 Å². The van der Waals surface area contributed by atoms with Crippen molar-refractivity contribution in [3.8, 4) is 5.75 Å². The average molecular weight is 260 g/mol. The number of benzene rings is 1. The van der Waals surface area contributed by atoms with Crippen molar-refractivity contribution in [2.75, 3.05) is 18.5 Å². The maximum atomic E-state index is 12.2. The van der Waals surface area contributed by atoms with Crippen LogP contribution in [0.25, 0.3) is 0 Å². The molecule has 0 unspecified atom stereocenters. The molecule has 5 nitrogen and oxygen atoms in total.